The van der Waals surface area contributed by atoms with Crippen molar-refractivity contribution in [3.05, 3.63) is 24.9 Å². The molecule has 3 heteroatoms. The molecule has 0 bridgehead atoms. The molecule has 0 aromatic rings. The second-order valence-corrected chi connectivity index (χ2v) is 3.76. The second-order valence-electron chi connectivity index (χ2n) is 3.76. The highest BCUT2D eigenvalue weighted by Crippen LogP contribution is 2.07. The van der Waals surface area contributed by atoms with Crippen molar-refractivity contribution in [1.29, 1.82) is 0 Å². The molecule has 0 radical (unpaired) electrons. The van der Waals surface area contributed by atoms with E-state index >= 15 is 0 Å². The molecule has 3 nitrogen and oxygen atoms in total. The van der Waals surface area contributed by atoms with Gasteiger partial charge in [-0.3, -0.25) is 4.79 Å². The summed E-state index contributed by atoms with van der Waals surface area (Å²) in [4.78, 5) is 12.9. The third-order valence-corrected chi connectivity index (χ3v) is 1.58. The molecule has 0 saturated heterocycles. The molecule has 0 aliphatic heterocycles. The molecular formula is C13H25NO2. The highest BCUT2D eigenvalue weighted by molar-refractivity contribution is 5.77. The smallest absolute Gasteiger partial charge is 0.226 e. The van der Waals surface area contributed by atoms with Crippen molar-refractivity contribution in [2.24, 2.45) is 0 Å². The lowest BCUT2D eigenvalue weighted by Gasteiger charge is -2.25. The standard InChI is InChI=1S/C11H19NO2.C2H6/c1-5-7-8-12(10(13)6-2)9-11(3,4)14;1-2/h5,7-8,14H,1,6,9H2,2-4H3;1-2H3/b8-7-;. The predicted octanol–water partition coefficient (Wildman–Crippen LogP) is 2.72. The number of nitrogens with zero attached hydrogens (tertiary/aromatic N) is 1. The van der Waals surface area contributed by atoms with Crippen molar-refractivity contribution in [2.45, 2.75) is 46.6 Å². The summed E-state index contributed by atoms with van der Waals surface area (Å²) < 4.78 is 0. The average Bonchev–Trinajstić information content (AvgIpc) is 2.24. The summed E-state index contributed by atoms with van der Waals surface area (Å²) in [6.45, 7) is 13.0. The van der Waals surface area contributed by atoms with Crippen molar-refractivity contribution in [2.75, 3.05) is 6.54 Å². The molecule has 0 unspecified atom stereocenters. The quantitative estimate of drug-likeness (QED) is 0.734. The van der Waals surface area contributed by atoms with Crippen LogP contribution in [0.1, 0.15) is 41.0 Å². The van der Waals surface area contributed by atoms with E-state index in [0.29, 0.717) is 13.0 Å². The van der Waals surface area contributed by atoms with Crippen molar-refractivity contribution in [3.63, 3.8) is 0 Å². The van der Waals surface area contributed by atoms with E-state index < -0.39 is 5.60 Å². The second kappa shape index (κ2) is 9.16. The summed E-state index contributed by atoms with van der Waals surface area (Å²) in [5.74, 6) is -0.00905. The van der Waals surface area contributed by atoms with E-state index in [0.717, 1.165) is 0 Å². The Morgan fingerprint density at radius 1 is 1.44 bits per heavy atom. The summed E-state index contributed by atoms with van der Waals surface area (Å²) in [5.41, 5.74) is -0.879. The Morgan fingerprint density at radius 3 is 2.25 bits per heavy atom. The van der Waals surface area contributed by atoms with Gasteiger partial charge in [-0.2, -0.15) is 0 Å². The fourth-order valence-electron chi connectivity index (χ4n) is 1.01. The van der Waals surface area contributed by atoms with E-state index in [2.05, 4.69) is 6.58 Å². The van der Waals surface area contributed by atoms with Crippen LogP contribution < -0.4 is 0 Å². The van der Waals surface area contributed by atoms with Crippen LogP contribution in [-0.4, -0.2) is 28.1 Å². The van der Waals surface area contributed by atoms with Crippen LogP contribution in [0, 0.1) is 0 Å². The number of carbonyl (C=O) groups is 1. The topological polar surface area (TPSA) is 40.5 Å². The molecule has 1 amide bonds. The molecule has 0 aromatic carbocycles. The van der Waals surface area contributed by atoms with Crippen LogP contribution in [0.3, 0.4) is 0 Å². The summed E-state index contributed by atoms with van der Waals surface area (Å²) in [5, 5.41) is 9.58. The first-order chi connectivity index (χ1) is 7.40. The Labute approximate surface area is 99.5 Å². The van der Waals surface area contributed by atoms with Gasteiger partial charge in [-0.25, -0.2) is 0 Å². The van der Waals surface area contributed by atoms with E-state index in [1.807, 2.05) is 13.8 Å². The fourth-order valence-corrected chi connectivity index (χ4v) is 1.01. The maximum atomic E-state index is 11.4. The van der Waals surface area contributed by atoms with Gasteiger partial charge >= 0.3 is 0 Å². The average molecular weight is 227 g/mol. The number of aliphatic hydroxyl groups is 1. The number of hydrogen-bond acceptors (Lipinski definition) is 2. The summed E-state index contributed by atoms with van der Waals surface area (Å²) in [6.07, 6.45) is 5.34. The largest absolute Gasteiger partial charge is 0.389 e. The van der Waals surface area contributed by atoms with Gasteiger partial charge in [0.2, 0.25) is 5.91 Å². The number of amides is 1. The first kappa shape index (κ1) is 17.3. The van der Waals surface area contributed by atoms with E-state index in [9.17, 15) is 9.90 Å². The number of carbonyl (C=O) groups excluding carboxylic acids is 1. The van der Waals surface area contributed by atoms with Gasteiger partial charge in [0, 0.05) is 12.6 Å². The van der Waals surface area contributed by atoms with Gasteiger partial charge in [0.1, 0.15) is 0 Å². The van der Waals surface area contributed by atoms with Crippen molar-refractivity contribution in [1.82, 2.24) is 4.90 Å². The Bertz CT molecular complexity index is 227. The van der Waals surface area contributed by atoms with E-state index in [4.69, 9.17) is 0 Å². The zero-order valence-electron chi connectivity index (χ0n) is 11.2. The van der Waals surface area contributed by atoms with Crippen LogP contribution >= 0.6 is 0 Å². The lowest BCUT2D eigenvalue weighted by molar-refractivity contribution is -0.130. The maximum absolute atomic E-state index is 11.4. The molecule has 0 spiro atoms. The number of allylic oxidation sites excluding steroid dienone is 2. The van der Waals surface area contributed by atoms with Crippen LogP contribution in [0.4, 0.5) is 0 Å². The third kappa shape index (κ3) is 9.46. The Hall–Kier alpha value is -1.09. The molecule has 0 rings (SSSR count). The zero-order chi connectivity index (χ0) is 13.2. The van der Waals surface area contributed by atoms with E-state index in [1.165, 1.54) is 4.90 Å². The van der Waals surface area contributed by atoms with E-state index in [1.54, 1.807) is 39.1 Å². The van der Waals surface area contributed by atoms with Gasteiger partial charge < -0.3 is 10.0 Å². The van der Waals surface area contributed by atoms with Gasteiger partial charge in [0.25, 0.3) is 0 Å². The van der Waals surface area contributed by atoms with Crippen LogP contribution in [0.15, 0.2) is 24.9 Å². The molecular weight excluding hydrogens is 202 g/mol. The summed E-state index contributed by atoms with van der Waals surface area (Å²) in [6, 6.07) is 0. The summed E-state index contributed by atoms with van der Waals surface area (Å²) in [7, 11) is 0. The lowest BCUT2D eigenvalue weighted by Crippen LogP contribution is -2.38. The maximum Gasteiger partial charge on any atom is 0.226 e. The molecule has 0 saturated carbocycles. The number of hydrogen-bond donors (Lipinski definition) is 1. The first-order valence-corrected chi connectivity index (χ1v) is 5.71. The van der Waals surface area contributed by atoms with Crippen LogP contribution in [0.5, 0.6) is 0 Å². The molecule has 94 valence electrons. The normalized spacial score (nSPS) is 10.6. The summed E-state index contributed by atoms with van der Waals surface area (Å²) >= 11 is 0. The SMILES string of the molecule is C=C/C=C\N(CC(C)(C)O)C(=O)CC.CC. The minimum atomic E-state index is -0.879. The highest BCUT2D eigenvalue weighted by Gasteiger charge is 2.19. The molecule has 0 aliphatic carbocycles. The monoisotopic (exact) mass is 227 g/mol. The molecule has 0 aromatic heterocycles. The molecule has 16 heavy (non-hydrogen) atoms. The fraction of sp³-hybridized carbons (Fsp3) is 0.615. The van der Waals surface area contributed by atoms with Crippen molar-refractivity contribution < 1.29 is 9.90 Å². The van der Waals surface area contributed by atoms with Crippen molar-refractivity contribution >= 4 is 5.91 Å². The zero-order valence-corrected chi connectivity index (χ0v) is 11.2. The third-order valence-electron chi connectivity index (χ3n) is 1.58. The predicted molar refractivity (Wildman–Crippen MR) is 69.0 cm³/mol. The van der Waals surface area contributed by atoms with Gasteiger partial charge in [-0.1, -0.05) is 33.4 Å². The van der Waals surface area contributed by atoms with Gasteiger partial charge in [0.05, 0.1) is 12.1 Å². The minimum Gasteiger partial charge on any atom is -0.389 e. The molecule has 0 aliphatic rings. The van der Waals surface area contributed by atoms with Crippen LogP contribution in [0.2, 0.25) is 0 Å². The Balaban J connectivity index is 0. The first-order valence-electron chi connectivity index (χ1n) is 5.71. The van der Waals surface area contributed by atoms with Crippen LogP contribution in [-0.2, 0) is 4.79 Å². The molecule has 0 heterocycles. The Kier molecular flexibility index (Phi) is 9.91. The highest BCUT2D eigenvalue weighted by atomic mass is 16.3. The molecule has 1 N–H and O–H groups in total. The van der Waals surface area contributed by atoms with Gasteiger partial charge in [-0.05, 0) is 19.9 Å². The Morgan fingerprint density at radius 2 is 1.94 bits per heavy atom. The van der Waals surface area contributed by atoms with Crippen molar-refractivity contribution in [3.8, 4) is 0 Å². The minimum absolute atomic E-state index is 0.00905. The van der Waals surface area contributed by atoms with E-state index in [-0.39, 0.29) is 5.91 Å². The van der Waals surface area contributed by atoms with Gasteiger partial charge in [0.15, 0.2) is 0 Å². The molecule has 0 atom stereocenters. The molecule has 0 fully saturated rings. The van der Waals surface area contributed by atoms with Gasteiger partial charge in [-0.15, -0.1) is 0 Å². The number of rotatable bonds is 5. The van der Waals surface area contributed by atoms with Crippen LogP contribution in [0.25, 0.3) is 0 Å². The lowest BCUT2D eigenvalue weighted by atomic mass is 10.1.